The van der Waals surface area contributed by atoms with Crippen LogP contribution in [-0.4, -0.2) is 55.6 Å². The minimum atomic E-state index is 0.250. The quantitative estimate of drug-likeness (QED) is 0.825. The molecule has 3 heterocycles. The molecule has 2 aliphatic heterocycles. The van der Waals surface area contributed by atoms with E-state index in [9.17, 15) is 4.79 Å². The third-order valence-corrected chi connectivity index (χ3v) is 5.98. The van der Waals surface area contributed by atoms with E-state index in [-0.39, 0.29) is 11.3 Å². The van der Waals surface area contributed by atoms with Crippen molar-refractivity contribution in [2.45, 2.75) is 32.2 Å². The van der Waals surface area contributed by atoms with Gasteiger partial charge in [0.2, 0.25) is 5.91 Å². The van der Waals surface area contributed by atoms with Gasteiger partial charge in [-0.3, -0.25) is 9.69 Å². The molecule has 0 N–H and O–H groups in total. The van der Waals surface area contributed by atoms with E-state index >= 15 is 0 Å². The van der Waals surface area contributed by atoms with Crippen LogP contribution in [0.2, 0.25) is 0 Å². The van der Waals surface area contributed by atoms with Crippen LogP contribution in [0.1, 0.15) is 31.2 Å². The van der Waals surface area contributed by atoms with Crippen LogP contribution in [0.5, 0.6) is 0 Å². The van der Waals surface area contributed by atoms with Crippen LogP contribution < -0.4 is 0 Å². The summed E-state index contributed by atoms with van der Waals surface area (Å²) in [7, 11) is 1.70. The number of carbonyl (C=O) groups excluding carboxylic acids is 1. The van der Waals surface area contributed by atoms with Crippen LogP contribution >= 0.6 is 0 Å². The molecule has 140 valence electrons. The Bertz CT molecular complexity index is 771. The van der Waals surface area contributed by atoms with Gasteiger partial charge < -0.3 is 14.1 Å². The third-order valence-electron chi connectivity index (χ3n) is 5.98. The fourth-order valence-electron chi connectivity index (χ4n) is 4.66. The van der Waals surface area contributed by atoms with Crippen molar-refractivity contribution in [1.82, 2.24) is 9.80 Å². The van der Waals surface area contributed by atoms with Gasteiger partial charge in [-0.15, -0.1) is 0 Å². The molecule has 1 aromatic heterocycles. The van der Waals surface area contributed by atoms with Crippen LogP contribution in [0, 0.1) is 5.41 Å². The summed E-state index contributed by atoms with van der Waals surface area (Å²) < 4.78 is 10.6. The number of fused-ring (bicyclic) bond motifs is 1. The minimum absolute atomic E-state index is 0.250. The highest BCUT2D eigenvalue weighted by Gasteiger charge is 2.41. The largest absolute Gasteiger partial charge is 0.464 e. The van der Waals surface area contributed by atoms with Crippen molar-refractivity contribution < 1.29 is 13.9 Å². The molecule has 26 heavy (non-hydrogen) atoms. The summed E-state index contributed by atoms with van der Waals surface area (Å²) in [6, 6.07) is 8.49. The number of hydrogen-bond donors (Lipinski definition) is 0. The number of amides is 1. The molecule has 1 atom stereocenters. The van der Waals surface area contributed by atoms with E-state index < -0.39 is 0 Å². The van der Waals surface area contributed by atoms with Crippen LogP contribution in [0.25, 0.3) is 11.0 Å². The molecule has 5 heteroatoms. The van der Waals surface area contributed by atoms with Gasteiger partial charge in [0.25, 0.3) is 0 Å². The van der Waals surface area contributed by atoms with Gasteiger partial charge in [-0.1, -0.05) is 6.07 Å². The lowest BCUT2D eigenvalue weighted by atomic mass is 9.73. The van der Waals surface area contributed by atoms with E-state index in [1.807, 2.05) is 11.0 Å². The van der Waals surface area contributed by atoms with E-state index in [0.717, 1.165) is 38.2 Å². The Hall–Kier alpha value is -1.85. The summed E-state index contributed by atoms with van der Waals surface area (Å²) in [5.41, 5.74) is 2.53. The highest BCUT2D eigenvalue weighted by Crippen LogP contribution is 2.39. The number of carbonyl (C=O) groups is 1. The van der Waals surface area contributed by atoms with Gasteiger partial charge in [0.05, 0.1) is 12.9 Å². The molecule has 1 spiro atoms. The van der Waals surface area contributed by atoms with Crippen molar-refractivity contribution in [1.29, 1.82) is 0 Å². The molecule has 2 aliphatic rings. The smallest absolute Gasteiger partial charge is 0.222 e. The molecule has 5 nitrogen and oxygen atoms in total. The zero-order valence-electron chi connectivity index (χ0n) is 15.6. The van der Waals surface area contributed by atoms with Crippen molar-refractivity contribution in [3.05, 3.63) is 36.1 Å². The van der Waals surface area contributed by atoms with E-state index in [4.69, 9.17) is 9.15 Å². The topological polar surface area (TPSA) is 45.9 Å². The van der Waals surface area contributed by atoms with E-state index in [2.05, 4.69) is 23.1 Å². The van der Waals surface area contributed by atoms with Crippen molar-refractivity contribution >= 4 is 16.9 Å². The molecule has 0 aliphatic carbocycles. The first kappa shape index (κ1) is 17.6. The predicted octanol–water partition coefficient (Wildman–Crippen LogP) is 3.28. The number of methoxy groups -OCH3 is 1. The van der Waals surface area contributed by atoms with E-state index in [1.54, 1.807) is 13.4 Å². The molecular formula is C21H28N2O3. The van der Waals surface area contributed by atoms with Crippen molar-refractivity contribution in [3.63, 3.8) is 0 Å². The summed E-state index contributed by atoms with van der Waals surface area (Å²) in [4.78, 5) is 16.8. The van der Waals surface area contributed by atoms with Gasteiger partial charge in [0.15, 0.2) is 0 Å². The Morgan fingerprint density at radius 3 is 3.04 bits per heavy atom. The van der Waals surface area contributed by atoms with Crippen molar-refractivity contribution in [2.75, 3.05) is 39.9 Å². The molecule has 0 radical (unpaired) electrons. The number of piperidine rings is 2. The number of nitrogens with zero attached hydrogens (tertiary/aromatic N) is 2. The number of likely N-dealkylation sites (tertiary alicyclic amines) is 2. The summed E-state index contributed by atoms with van der Waals surface area (Å²) in [5.74, 6) is 0.287. The lowest BCUT2D eigenvalue weighted by Crippen LogP contribution is -2.54. The Kier molecular flexibility index (Phi) is 5.00. The predicted molar refractivity (Wildman–Crippen MR) is 101 cm³/mol. The minimum Gasteiger partial charge on any atom is -0.464 e. The third kappa shape index (κ3) is 3.64. The number of benzene rings is 1. The number of hydrogen-bond acceptors (Lipinski definition) is 4. The zero-order chi connectivity index (χ0) is 18.0. The molecule has 2 saturated heterocycles. The molecule has 2 aromatic rings. The Labute approximate surface area is 154 Å². The second kappa shape index (κ2) is 7.41. The average Bonchev–Trinajstić information content (AvgIpc) is 3.11. The van der Waals surface area contributed by atoms with E-state index in [1.165, 1.54) is 23.8 Å². The zero-order valence-corrected chi connectivity index (χ0v) is 15.6. The molecule has 0 unspecified atom stereocenters. The SMILES string of the molecule is COCCN1C[C@]2(CCCN(Cc3ccc4occc4c3)C2)CCC1=O. The summed E-state index contributed by atoms with van der Waals surface area (Å²) in [6.07, 6.45) is 5.88. The fraction of sp³-hybridized carbons (Fsp3) is 0.571. The monoisotopic (exact) mass is 356 g/mol. The van der Waals surface area contributed by atoms with Crippen molar-refractivity contribution in [3.8, 4) is 0 Å². The maximum atomic E-state index is 12.2. The fourth-order valence-corrected chi connectivity index (χ4v) is 4.66. The van der Waals surface area contributed by atoms with Crippen LogP contribution in [0.15, 0.2) is 34.9 Å². The highest BCUT2D eigenvalue weighted by atomic mass is 16.5. The first-order chi connectivity index (χ1) is 12.7. The molecular weight excluding hydrogens is 328 g/mol. The van der Waals surface area contributed by atoms with Gasteiger partial charge in [0.1, 0.15) is 5.58 Å². The highest BCUT2D eigenvalue weighted by molar-refractivity contribution is 5.78. The van der Waals surface area contributed by atoms with Gasteiger partial charge in [-0.05, 0) is 49.6 Å². The normalized spacial score (nSPS) is 24.7. The second-order valence-corrected chi connectivity index (χ2v) is 7.92. The maximum absolute atomic E-state index is 12.2. The number of rotatable bonds is 5. The first-order valence-electron chi connectivity index (χ1n) is 9.63. The van der Waals surface area contributed by atoms with E-state index in [0.29, 0.717) is 19.6 Å². The van der Waals surface area contributed by atoms with Gasteiger partial charge >= 0.3 is 0 Å². The summed E-state index contributed by atoms with van der Waals surface area (Å²) in [6.45, 7) is 5.40. The first-order valence-corrected chi connectivity index (χ1v) is 9.63. The maximum Gasteiger partial charge on any atom is 0.222 e. The summed E-state index contributed by atoms with van der Waals surface area (Å²) >= 11 is 0. The number of ether oxygens (including phenoxy) is 1. The molecule has 4 rings (SSSR count). The van der Waals surface area contributed by atoms with Crippen LogP contribution in [0.3, 0.4) is 0 Å². The molecule has 0 saturated carbocycles. The van der Waals surface area contributed by atoms with Crippen LogP contribution in [-0.2, 0) is 16.1 Å². The summed E-state index contributed by atoms with van der Waals surface area (Å²) in [5, 5.41) is 1.17. The second-order valence-electron chi connectivity index (χ2n) is 7.92. The molecule has 2 fully saturated rings. The lowest BCUT2D eigenvalue weighted by molar-refractivity contribution is -0.140. The van der Waals surface area contributed by atoms with Gasteiger partial charge in [0, 0.05) is 50.5 Å². The molecule has 1 amide bonds. The Balaban J connectivity index is 1.43. The standard InChI is InChI=1S/C21H28N2O3/c1-25-12-10-23-16-21(8-5-20(23)24)7-2-9-22(15-21)14-17-3-4-19-18(13-17)6-11-26-19/h3-4,6,11,13H,2,5,7-10,12,14-16H2,1H3/t21-/m1/s1. The average molecular weight is 356 g/mol. The lowest BCUT2D eigenvalue weighted by Gasteiger charge is -2.48. The Morgan fingerprint density at radius 1 is 1.23 bits per heavy atom. The molecule has 0 bridgehead atoms. The van der Waals surface area contributed by atoms with Crippen molar-refractivity contribution in [2.24, 2.45) is 5.41 Å². The van der Waals surface area contributed by atoms with Crippen LogP contribution in [0.4, 0.5) is 0 Å². The van der Waals surface area contributed by atoms with Gasteiger partial charge in [-0.2, -0.15) is 0 Å². The number of furan rings is 1. The Morgan fingerprint density at radius 2 is 2.15 bits per heavy atom. The molecule has 1 aromatic carbocycles. The van der Waals surface area contributed by atoms with Gasteiger partial charge in [-0.25, -0.2) is 0 Å².